The van der Waals surface area contributed by atoms with E-state index in [1.807, 2.05) is 27.7 Å². The van der Waals surface area contributed by atoms with Crippen LogP contribution >= 0.6 is 0 Å². The van der Waals surface area contributed by atoms with Crippen molar-refractivity contribution in [2.45, 2.75) is 103 Å². The van der Waals surface area contributed by atoms with Gasteiger partial charge in [-0.05, 0) is 74.5 Å². The maximum atomic E-state index is 13.2. The lowest BCUT2D eigenvalue weighted by molar-refractivity contribution is -0.156. The molecular formula is C26H40O6. The summed E-state index contributed by atoms with van der Waals surface area (Å²) in [6.45, 7) is 9.62. The molecule has 0 aliphatic heterocycles. The van der Waals surface area contributed by atoms with Crippen LogP contribution in [0.1, 0.15) is 73.1 Å². The molecule has 0 amide bonds. The number of hydrogen-bond acceptors (Lipinski definition) is 6. The smallest absolute Gasteiger partial charge is 0.160 e. The number of ketones is 1. The SMILES string of the molecule is CC(C)C[C@@H](O)[C@](C)(O)[C@H]1CC[C@@]2(O)C3=CC(=O)[C@@H]4C[C@@H](O)[C@@H](O)C[C@]4(C)C3=CC[C@]12C. The standard InChI is InChI=1S/C26H40O6/c1-14(2)10-22(30)25(5,31)21-7-9-26(32)16-11-18(27)17-12-19(28)20(29)13-23(17,3)15(16)6-8-24(21,26)4/h6,11,14,17,19-22,28-32H,7-10,12-13H2,1-5H3/t17-,19+,20-,21-,22+,23+,24+,25+,26+/m0/s1. The Morgan fingerprint density at radius 2 is 1.84 bits per heavy atom. The van der Waals surface area contributed by atoms with Gasteiger partial charge in [-0.2, -0.15) is 0 Å². The maximum Gasteiger partial charge on any atom is 0.160 e. The molecule has 0 unspecified atom stereocenters. The molecule has 32 heavy (non-hydrogen) atoms. The second kappa shape index (κ2) is 7.47. The first-order chi connectivity index (χ1) is 14.7. The van der Waals surface area contributed by atoms with E-state index in [9.17, 15) is 30.3 Å². The van der Waals surface area contributed by atoms with Crippen molar-refractivity contribution in [3.63, 3.8) is 0 Å². The van der Waals surface area contributed by atoms with E-state index in [2.05, 4.69) is 6.08 Å². The topological polar surface area (TPSA) is 118 Å². The Hall–Kier alpha value is -1.05. The van der Waals surface area contributed by atoms with Crippen molar-refractivity contribution in [1.29, 1.82) is 0 Å². The quantitative estimate of drug-likeness (QED) is 0.450. The normalized spacial score (nSPS) is 46.5. The highest BCUT2D eigenvalue weighted by atomic mass is 16.3. The molecule has 5 N–H and O–H groups in total. The minimum Gasteiger partial charge on any atom is -0.390 e. The molecule has 0 aromatic rings. The molecule has 0 heterocycles. The molecular weight excluding hydrogens is 408 g/mol. The highest BCUT2D eigenvalue weighted by molar-refractivity contribution is 5.97. The van der Waals surface area contributed by atoms with Gasteiger partial charge in [-0.1, -0.05) is 33.8 Å². The molecule has 0 spiro atoms. The summed E-state index contributed by atoms with van der Waals surface area (Å²) >= 11 is 0. The Morgan fingerprint density at radius 1 is 1.19 bits per heavy atom. The monoisotopic (exact) mass is 448 g/mol. The fraction of sp³-hybridized carbons (Fsp3) is 0.808. The van der Waals surface area contributed by atoms with E-state index in [0.29, 0.717) is 31.3 Å². The first kappa shape index (κ1) is 24.1. The summed E-state index contributed by atoms with van der Waals surface area (Å²) in [6.07, 6.45) is 3.32. The van der Waals surface area contributed by atoms with Crippen LogP contribution < -0.4 is 0 Å². The largest absolute Gasteiger partial charge is 0.390 e. The van der Waals surface area contributed by atoms with Crippen LogP contribution in [0.2, 0.25) is 0 Å². The van der Waals surface area contributed by atoms with Gasteiger partial charge in [-0.25, -0.2) is 0 Å². The number of aliphatic hydroxyl groups is 5. The van der Waals surface area contributed by atoms with Gasteiger partial charge in [0.05, 0.1) is 29.5 Å². The van der Waals surface area contributed by atoms with Crippen molar-refractivity contribution in [2.75, 3.05) is 0 Å². The van der Waals surface area contributed by atoms with Crippen LogP contribution in [0.4, 0.5) is 0 Å². The zero-order valence-corrected chi connectivity index (χ0v) is 20.0. The van der Waals surface area contributed by atoms with Gasteiger partial charge in [0.25, 0.3) is 0 Å². The molecule has 0 radical (unpaired) electrons. The lowest BCUT2D eigenvalue weighted by atomic mass is 9.49. The van der Waals surface area contributed by atoms with Crippen molar-refractivity contribution >= 4 is 5.78 Å². The molecule has 0 bridgehead atoms. The first-order valence-corrected chi connectivity index (χ1v) is 12.1. The van der Waals surface area contributed by atoms with E-state index in [-0.39, 0.29) is 30.5 Å². The Bertz CT molecular complexity index is 858. The average Bonchev–Trinajstić information content (AvgIpc) is 2.96. The lowest BCUT2D eigenvalue weighted by Crippen LogP contribution is -2.60. The predicted molar refractivity (Wildman–Crippen MR) is 121 cm³/mol. The molecule has 9 atom stereocenters. The number of allylic oxidation sites excluding steroid dienone is 2. The summed E-state index contributed by atoms with van der Waals surface area (Å²) in [5.74, 6) is -0.645. The second-order valence-corrected chi connectivity index (χ2v) is 12.1. The van der Waals surface area contributed by atoms with Gasteiger partial charge in [0.2, 0.25) is 0 Å². The van der Waals surface area contributed by atoms with Crippen molar-refractivity contribution in [3.05, 3.63) is 23.3 Å². The molecule has 6 heteroatoms. The van der Waals surface area contributed by atoms with Gasteiger partial charge in [0.15, 0.2) is 5.78 Å². The number of carbonyl (C=O) groups excluding carboxylic acids is 1. The van der Waals surface area contributed by atoms with E-state index in [4.69, 9.17) is 0 Å². The third kappa shape index (κ3) is 3.13. The van der Waals surface area contributed by atoms with Crippen LogP contribution in [0.3, 0.4) is 0 Å². The highest BCUT2D eigenvalue weighted by Gasteiger charge is 2.67. The summed E-state index contributed by atoms with van der Waals surface area (Å²) in [6, 6.07) is 0. The fourth-order valence-electron chi connectivity index (χ4n) is 7.58. The number of carbonyl (C=O) groups is 1. The van der Waals surface area contributed by atoms with Crippen molar-refractivity contribution in [3.8, 4) is 0 Å². The summed E-state index contributed by atoms with van der Waals surface area (Å²) in [7, 11) is 0. The molecule has 0 aromatic heterocycles. The van der Waals surface area contributed by atoms with Crippen LogP contribution in [0.5, 0.6) is 0 Å². The summed E-state index contributed by atoms with van der Waals surface area (Å²) in [5.41, 5.74) is -2.54. The van der Waals surface area contributed by atoms with Crippen LogP contribution in [-0.2, 0) is 4.79 Å². The fourth-order valence-corrected chi connectivity index (χ4v) is 7.58. The van der Waals surface area contributed by atoms with Crippen LogP contribution in [0.15, 0.2) is 23.3 Å². The maximum absolute atomic E-state index is 13.2. The van der Waals surface area contributed by atoms with E-state index in [1.54, 1.807) is 13.0 Å². The number of aliphatic hydroxyl groups excluding tert-OH is 3. The molecule has 0 saturated heterocycles. The van der Waals surface area contributed by atoms with Gasteiger partial charge in [-0.15, -0.1) is 0 Å². The minimum absolute atomic E-state index is 0.113. The average molecular weight is 449 g/mol. The van der Waals surface area contributed by atoms with E-state index >= 15 is 0 Å². The van der Waals surface area contributed by atoms with Crippen LogP contribution in [0.25, 0.3) is 0 Å². The number of rotatable bonds is 4. The van der Waals surface area contributed by atoms with Crippen LogP contribution in [-0.4, -0.2) is 60.8 Å². The number of fused-ring (bicyclic) bond motifs is 5. The Balaban J connectivity index is 1.76. The van der Waals surface area contributed by atoms with Crippen molar-refractivity contribution in [1.82, 2.24) is 0 Å². The van der Waals surface area contributed by atoms with Gasteiger partial charge in [0, 0.05) is 16.7 Å². The van der Waals surface area contributed by atoms with E-state index in [0.717, 1.165) is 5.57 Å². The molecule has 4 aliphatic carbocycles. The van der Waals surface area contributed by atoms with Crippen molar-refractivity contribution < 1.29 is 30.3 Å². The molecule has 2 saturated carbocycles. The Morgan fingerprint density at radius 3 is 2.47 bits per heavy atom. The third-order valence-electron chi connectivity index (χ3n) is 9.62. The molecule has 4 rings (SSSR count). The van der Waals surface area contributed by atoms with E-state index < -0.39 is 46.3 Å². The number of hydrogen-bond donors (Lipinski definition) is 5. The predicted octanol–water partition coefficient (Wildman–Crippen LogP) is 2.27. The molecule has 6 nitrogen and oxygen atoms in total. The third-order valence-corrected chi connectivity index (χ3v) is 9.62. The Kier molecular flexibility index (Phi) is 5.63. The van der Waals surface area contributed by atoms with Gasteiger partial charge in [0.1, 0.15) is 0 Å². The molecule has 180 valence electrons. The minimum atomic E-state index is -1.37. The second-order valence-electron chi connectivity index (χ2n) is 12.1. The Labute approximate surface area is 191 Å². The van der Waals surface area contributed by atoms with Gasteiger partial charge >= 0.3 is 0 Å². The summed E-state index contributed by atoms with van der Waals surface area (Å²) in [5, 5.41) is 55.1. The van der Waals surface area contributed by atoms with Gasteiger partial charge < -0.3 is 25.5 Å². The first-order valence-electron chi connectivity index (χ1n) is 12.1. The molecule has 0 aromatic carbocycles. The van der Waals surface area contributed by atoms with Gasteiger partial charge in [-0.3, -0.25) is 4.79 Å². The lowest BCUT2D eigenvalue weighted by Gasteiger charge is -2.57. The van der Waals surface area contributed by atoms with Crippen molar-refractivity contribution in [2.24, 2.45) is 28.6 Å². The zero-order chi connectivity index (χ0) is 23.9. The van der Waals surface area contributed by atoms with E-state index in [1.165, 1.54) is 0 Å². The molecule has 2 fully saturated rings. The zero-order valence-electron chi connectivity index (χ0n) is 20.0. The van der Waals surface area contributed by atoms with Crippen LogP contribution in [0, 0.1) is 28.6 Å². The summed E-state index contributed by atoms with van der Waals surface area (Å²) in [4.78, 5) is 13.2. The highest BCUT2D eigenvalue weighted by Crippen LogP contribution is 2.66. The summed E-state index contributed by atoms with van der Waals surface area (Å²) < 4.78 is 0. The molecule has 4 aliphatic rings.